The van der Waals surface area contributed by atoms with Gasteiger partial charge in [-0.3, -0.25) is 14.9 Å². The molecule has 0 radical (unpaired) electrons. The zero-order valence-electron chi connectivity index (χ0n) is 11.1. The zero-order chi connectivity index (χ0) is 15.2. The van der Waals surface area contributed by atoms with Crippen LogP contribution in [-0.2, 0) is 11.3 Å². The summed E-state index contributed by atoms with van der Waals surface area (Å²) < 4.78 is 5.11. The Morgan fingerprint density at radius 2 is 1.95 bits per heavy atom. The number of aliphatic carboxylic acids is 1. The Bertz CT molecular complexity index is 607. The highest BCUT2D eigenvalue weighted by molar-refractivity contribution is 6.30. The molecule has 0 saturated heterocycles. The van der Waals surface area contributed by atoms with Gasteiger partial charge in [0.2, 0.25) is 0 Å². The average Bonchev–Trinajstić information content (AvgIpc) is 2.96. The molecular formula is C15H14ClNO4. The number of carbonyl (C=O) groups excluding carboxylic acids is 1. The lowest BCUT2D eigenvalue weighted by molar-refractivity contribution is -0.139. The highest BCUT2D eigenvalue weighted by atomic mass is 35.5. The normalized spacial score (nSPS) is 12.0. The second-order valence-corrected chi connectivity index (χ2v) is 4.92. The molecule has 0 aliphatic rings. The molecule has 0 amide bonds. The summed E-state index contributed by atoms with van der Waals surface area (Å²) in [6.07, 6.45) is 1.36. The number of hydrogen-bond donors (Lipinski definition) is 2. The van der Waals surface area contributed by atoms with Crippen LogP contribution in [-0.4, -0.2) is 22.9 Å². The van der Waals surface area contributed by atoms with Crippen molar-refractivity contribution >= 4 is 23.4 Å². The fraction of sp³-hybridized carbons (Fsp3) is 0.200. The van der Waals surface area contributed by atoms with Gasteiger partial charge in [0, 0.05) is 17.0 Å². The molecule has 0 aliphatic carbocycles. The molecule has 0 aliphatic heterocycles. The minimum atomic E-state index is -1.08. The molecule has 5 nitrogen and oxygen atoms in total. The van der Waals surface area contributed by atoms with Crippen molar-refractivity contribution in [3.05, 3.63) is 59.0 Å². The average molecular weight is 308 g/mol. The molecule has 6 heteroatoms. The number of carbonyl (C=O) groups is 2. The lowest BCUT2D eigenvalue weighted by atomic mass is 10.0. The van der Waals surface area contributed by atoms with E-state index in [1.54, 1.807) is 36.4 Å². The van der Waals surface area contributed by atoms with Gasteiger partial charge in [-0.25, -0.2) is 0 Å². The second-order valence-electron chi connectivity index (χ2n) is 4.49. The lowest BCUT2D eigenvalue weighted by Gasteiger charge is -2.13. The fourth-order valence-corrected chi connectivity index (χ4v) is 1.95. The maximum Gasteiger partial charge on any atom is 0.321 e. The van der Waals surface area contributed by atoms with Crippen molar-refractivity contribution < 1.29 is 19.1 Å². The number of ketones is 1. The maximum atomic E-state index is 12.1. The van der Waals surface area contributed by atoms with Crippen LogP contribution in [0.3, 0.4) is 0 Å². The van der Waals surface area contributed by atoms with Crippen molar-refractivity contribution in [3.63, 3.8) is 0 Å². The Hall–Kier alpha value is -2.11. The first kappa shape index (κ1) is 15.3. The van der Waals surface area contributed by atoms with Crippen LogP contribution in [0.1, 0.15) is 22.5 Å². The van der Waals surface area contributed by atoms with Gasteiger partial charge in [0.05, 0.1) is 12.8 Å². The maximum absolute atomic E-state index is 12.1. The van der Waals surface area contributed by atoms with Crippen molar-refractivity contribution in [2.24, 2.45) is 0 Å². The highest BCUT2D eigenvalue weighted by Crippen LogP contribution is 2.12. The van der Waals surface area contributed by atoms with Crippen LogP contribution in [0.15, 0.2) is 47.1 Å². The Labute approximate surface area is 126 Å². The summed E-state index contributed by atoms with van der Waals surface area (Å²) in [6, 6.07) is 8.82. The Balaban J connectivity index is 1.97. The number of carboxylic acid groups (broad SMARTS) is 1. The van der Waals surface area contributed by atoms with Gasteiger partial charge >= 0.3 is 5.97 Å². The molecule has 1 atom stereocenters. The number of hydrogen-bond acceptors (Lipinski definition) is 4. The molecule has 0 saturated carbocycles. The third-order valence-electron chi connectivity index (χ3n) is 2.96. The van der Waals surface area contributed by atoms with E-state index < -0.39 is 12.0 Å². The molecule has 1 aromatic heterocycles. The van der Waals surface area contributed by atoms with Gasteiger partial charge in [-0.2, -0.15) is 0 Å². The molecule has 0 bridgehead atoms. The van der Waals surface area contributed by atoms with Crippen LogP contribution in [0.25, 0.3) is 0 Å². The van der Waals surface area contributed by atoms with Crippen LogP contribution in [0, 0.1) is 0 Å². The summed E-state index contributed by atoms with van der Waals surface area (Å²) in [5.74, 6) is -0.727. The van der Waals surface area contributed by atoms with Gasteiger partial charge in [0.15, 0.2) is 5.78 Å². The van der Waals surface area contributed by atoms with Crippen molar-refractivity contribution in [1.82, 2.24) is 5.32 Å². The molecule has 2 rings (SSSR count). The van der Waals surface area contributed by atoms with Crippen LogP contribution in [0.2, 0.25) is 5.02 Å². The van der Waals surface area contributed by atoms with Gasteiger partial charge in [0.1, 0.15) is 11.8 Å². The molecule has 0 spiro atoms. The SMILES string of the molecule is O=C(CC(NCc1ccco1)C(=O)O)c1ccc(Cl)cc1. The summed E-state index contributed by atoms with van der Waals surface area (Å²) in [5.41, 5.74) is 0.436. The van der Waals surface area contributed by atoms with Crippen LogP contribution in [0.5, 0.6) is 0 Å². The number of nitrogens with one attached hydrogen (secondary N) is 1. The number of furan rings is 1. The van der Waals surface area contributed by atoms with Gasteiger partial charge in [-0.05, 0) is 36.4 Å². The van der Waals surface area contributed by atoms with Crippen molar-refractivity contribution in [2.75, 3.05) is 0 Å². The van der Waals surface area contributed by atoms with E-state index in [1.807, 2.05) is 0 Å². The predicted molar refractivity (Wildman–Crippen MR) is 77.4 cm³/mol. The standard InChI is InChI=1S/C15H14ClNO4/c16-11-5-3-10(4-6-11)14(18)8-13(15(19)20)17-9-12-2-1-7-21-12/h1-7,13,17H,8-9H2,(H,19,20). The lowest BCUT2D eigenvalue weighted by Crippen LogP contribution is -2.38. The third-order valence-corrected chi connectivity index (χ3v) is 3.21. The topological polar surface area (TPSA) is 79.5 Å². The fourth-order valence-electron chi connectivity index (χ4n) is 1.82. The van der Waals surface area contributed by atoms with E-state index in [0.717, 1.165) is 0 Å². The number of halogens is 1. The number of carboxylic acids is 1. The first-order valence-corrected chi connectivity index (χ1v) is 6.71. The van der Waals surface area contributed by atoms with Gasteiger partial charge in [-0.1, -0.05) is 11.6 Å². The van der Waals surface area contributed by atoms with Gasteiger partial charge < -0.3 is 9.52 Å². The number of benzene rings is 1. The highest BCUT2D eigenvalue weighted by Gasteiger charge is 2.21. The van der Waals surface area contributed by atoms with Gasteiger partial charge in [0.25, 0.3) is 0 Å². The molecule has 2 aromatic rings. The van der Waals surface area contributed by atoms with E-state index >= 15 is 0 Å². The van der Waals surface area contributed by atoms with Crippen LogP contribution in [0.4, 0.5) is 0 Å². The molecule has 1 heterocycles. The first-order valence-electron chi connectivity index (χ1n) is 6.33. The van der Waals surface area contributed by atoms with E-state index in [9.17, 15) is 14.7 Å². The van der Waals surface area contributed by atoms with Crippen molar-refractivity contribution in [2.45, 2.75) is 19.0 Å². The molecule has 0 fully saturated rings. The Kier molecular flexibility index (Phi) is 5.14. The van der Waals surface area contributed by atoms with E-state index in [4.69, 9.17) is 16.0 Å². The third kappa shape index (κ3) is 4.44. The van der Waals surface area contributed by atoms with Crippen LogP contribution >= 0.6 is 11.6 Å². The zero-order valence-corrected chi connectivity index (χ0v) is 11.8. The minimum absolute atomic E-state index is 0.141. The Morgan fingerprint density at radius 3 is 2.52 bits per heavy atom. The van der Waals surface area contributed by atoms with Crippen molar-refractivity contribution in [3.8, 4) is 0 Å². The summed E-state index contributed by atoms with van der Waals surface area (Å²) in [7, 11) is 0. The van der Waals surface area contributed by atoms with Gasteiger partial charge in [-0.15, -0.1) is 0 Å². The molecular weight excluding hydrogens is 294 g/mol. The largest absolute Gasteiger partial charge is 0.480 e. The van der Waals surface area contributed by atoms with E-state index in [-0.39, 0.29) is 18.7 Å². The first-order chi connectivity index (χ1) is 10.1. The molecule has 2 N–H and O–H groups in total. The second kappa shape index (κ2) is 7.06. The minimum Gasteiger partial charge on any atom is -0.480 e. The Morgan fingerprint density at radius 1 is 1.24 bits per heavy atom. The van der Waals surface area contributed by atoms with E-state index in [0.29, 0.717) is 16.3 Å². The van der Waals surface area contributed by atoms with E-state index in [1.165, 1.54) is 6.26 Å². The number of rotatable bonds is 7. The quantitative estimate of drug-likeness (QED) is 0.769. The summed E-state index contributed by atoms with van der Waals surface area (Å²) in [4.78, 5) is 23.3. The van der Waals surface area contributed by atoms with Crippen molar-refractivity contribution in [1.29, 1.82) is 0 Å². The molecule has 1 unspecified atom stereocenters. The predicted octanol–water partition coefficient (Wildman–Crippen LogP) is 2.75. The summed E-state index contributed by atoms with van der Waals surface area (Å²) in [6.45, 7) is 0.248. The number of Topliss-reactive ketones (excluding diaryl/α,β-unsaturated/α-hetero) is 1. The molecule has 1 aromatic carbocycles. The monoisotopic (exact) mass is 307 g/mol. The van der Waals surface area contributed by atoms with Crippen LogP contribution < -0.4 is 5.32 Å². The smallest absolute Gasteiger partial charge is 0.321 e. The van der Waals surface area contributed by atoms with E-state index in [2.05, 4.69) is 5.32 Å². The molecule has 110 valence electrons. The molecule has 21 heavy (non-hydrogen) atoms. The summed E-state index contributed by atoms with van der Waals surface area (Å²) in [5, 5.41) is 12.5. The summed E-state index contributed by atoms with van der Waals surface area (Å²) >= 11 is 5.75.